The highest BCUT2D eigenvalue weighted by Crippen LogP contribution is 2.42. The molecule has 1 saturated carbocycles. The summed E-state index contributed by atoms with van der Waals surface area (Å²) in [5.74, 6) is 2.77. The van der Waals surface area contributed by atoms with Crippen molar-refractivity contribution in [3.63, 3.8) is 0 Å². The molecule has 0 amide bonds. The molecule has 0 N–H and O–H groups in total. The molecule has 0 spiro atoms. The van der Waals surface area contributed by atoms with Crippen LogP contribution in [-0.2, 0) is 6.42 Å². The molecule has 0 bridgehead atoms. The number of ether oxygens (including phenoxy) is 1. The van der Waals surface area contributed by atoms with E-state index in [2.05, 4.69) is 6.92 Å². The summed E-state index contributed by atoms with van der Waals surface area (Å²) >= 11 is 0. The minimum absolute atomic E-state index is 0.00644. The van der Waals surface area contributed by atoms with Gasteiger partial charge in [-0.05, 0) is 61.1 Å². The Bertz CT molecular complexity index is 636. The van der Waals surface area contributed by atoms with E-state index in [1.165, 1.54) is 57.8 Å². The molecule has 2 aliphatic rings. The maximum absolute atomic E-state index is 14.0. The summed E-state index contributed by atoms with van der Waals surface area (Å²) < 4.78 is 31.3. The van der Waals surface area contributed by atoms with E-state index in [9.17, 15) is 8.78 Å². The second kappa shape index (κ2) is 14.4. The van der Waals surface area contributed by atoms with Crippen LogP contribution in [-0.4, -0.2) is 22.1 Å². The first-order chi connectivity index (χ1) is 15.7. The molecule has 0 atom stereocenters. The molecule has 32 heavy (non-hydrogen) atoms. The number of rotatable bonds is 13. The predicted molar refractivity (Wildman–Crippen MR) is 133 cm³/mol. The minimum Gasteiger partial charge on any atom is -0.488 e. The first kappa shape index (κ1) is 25.7. The molecule has 181 valence electrons. The summed E-state index contributed by atoms with van der Waals surface area (Å²) in [6, 6.07) is 9.90. The molecule has 1 nitrogen and oxygen atoms in total. The van der Waals surface area contributed by atoms with E-state index in [-0.39, 0.29) is 27.0 Å². The average molecular weight is 464 g/mol. The Morgan fingerprint density at radius 1 is 0.938 bits per heavy atom. The molecule has 1 saturated heterocycles. The third kappa shape index (κ3) is 8.46. The van der Waals surface area contributed by atoms with Gasteiger partial charge in [0.1, 0.15) is 13.3 Å². The summed E-state index contributed by atoms with van der Waals surface area (Å²) in [6.07, 6.45) is 17.8. The van der Waals surface area contributed by atoms with E-state index in [1.54, 1.807) is 43.1 Å². The summed E-state index contributed by atoms with van der Waals surface area (Å²) in [6.45, 7) is 1.64. The molecule has 1 aliphatic carbocycles. The van der Waals surface area contributed by atoms with Crippen LogP contribution < -0.4 is 4.74 Å². The number of alkyl halides is 1. The van der Waals surface area contributed by atoms with E-state index in [1.807, 2.05) is 6.07 Å². The molecule has 1 aromatic carbocycles. The van der Waals surface area contributed by atoms with Crippen LogP contribution in [0.3, 0.4) is 0 Å². The van der Waals surface area contributed by atoms with Gasteiger partial charge in [-0.25, -0.2) is 8.78 Å². The van der Waals surface area contributed by atoms with Crippen molar-refractivity contribution in [1.82, 2.24) is 0 Å². The zero-order valence-electron chi connectivity index (χ0n) is 20.4. The highest BCUT2D eigenvalue weighted by Gasteiger charge is 2.31. The monoisotopic (exact) mass is 463 g/mol. The van der Waals surface area contributed by atoms with Crippen molar-refractivity contribution in [2.24, 2.45) is 17.8 Å². The second-order valence-corrected chi connectivity index (χ2v) is 13.4. The maximum Gasteiger partial charge on any atom is 0.165 e. The topological polar surface area (TPSA) is 9.23 Å². The minimum atomic E-state index is -0.593. The Labute approximate surface area is 197 Å². The standard InChI is InChI=1S/C28H45F2OSi/c1-2-3-6-19-32-20-15-26(16-21-32)25-12-9-23(10-13-25)7-4-5-8-24-11-14-28(27(30)22-24)31-18-17-29/h11,14,22-23,25-26H,2-10,12-13,15-21H2,1H3. The lowest BCUT2D eigenvalue weighted by Crippen LogP contribution is -2.28. The second-order valence-electron chi connectivity index (χ2n) is 10.4. The summed E-state index contributed by atoms with van der Waals surface area (Å²) in [5, 5.41) is 0. The van der Waals surface area contributed by atoms with Crippen LogP contribution in [0.5, 0.6) is 5.75 Å². The van der Waals surface area contributed by atoms with Crippen LogP contribution in [0.1, 0.15) is 89.5 Å². The van der Waals surface area contributed by atoms with Gasteiger partial charge in [-0.1, -0.05) is 88.9 Å². The van der Waals surface area contributed by atoms with Crippen LogP contribution in [0.2, 0.25) is 18.1 Å². The number of aryl methyl sites for hydroxylation is 1. The van der Waals surface area contributed by atoms with Crippen molar-refractivity contribution in [2.45, 2.75) is 109 Å². The van der Waals surface area contributed by atoms with E-state index in [4.69, 9.17) is 4.74 Å². The van der Waals surface area contributed by atoms with Crippen molar-refractivity contribution < 1.29 is 13.5 Å². The average Bonchev–Trinajstić information content (AvgIpc) is 2.82. The molecule has 0 unspecified atom stereocenters. The lowest BCUT2D eigenvalue weighted by Gasteiger charge is -2.37. The fourth-order valence-corrected chi connectivity index (χ4v) is 9.13. The molecule has 3 rings (SSSR count). The molecule has 2 fully saturated rings. The van der Waals surface area contributed by atoms with E-state index in [0.29, 0.717) is 0 Å². The Hall–Kier alpha value is -0.903. The maximum atomic E-state index is 14.0. The molecular formula is C28H45F2OSi. The van der Waals surface area contributed by atoms with Gasteiger partial charge in [-0.15, -0.1) is 0 Å². The number of halogens is 2. The van der Waals surface area contributed by atoms with E-state index >= 15 is 0 Å². The van der Waals surface area contributed by atoms with Gasteiger partial charge in [0.15, 0.2) is 11.6 Å². The van der Waals surface area contributed by atoms with Crippen LogP contribution in [0, 0.1) is 23.6 Å². The van der Waals surface area contributed by atoms with Crippen LogP contribution in [0.4, 0.5) is 8.78 Å². The molecule has 4 heteroatoms. The van der Waals surface area contributed by atoms with Crippen molar-refractivity contribution in [2.75, 3.05) is 13.3 Å². The number of hydrogen-bond acceptors (Lipinski definition) is 1. The van der Waals surface area contributed by atoms with Gasteiger partial charge in [0, 0.05) is 8.80 Å². The van der Waals surface area contributed by atoms with E-state index < -0.39 is 6.67 Å². The Kier molecular flexibility index (Phi) is 11.6. The third-order valence-electron chi connectivity index (χ3n) is 8.09. The largest absolute Gasteiger partial charge is 0.488 e. The molecule has 1 radical (unpaired) electrons. The van der Waals surface area contributed by atoms with Gasteiger partial charge in [0.2, 0.25) is 0 Å². The number of benzene rings is 1. The zero-order valence-corrected chi connectivity index (χ0v) is 21.4. The molecule has 0 aromatic heterocycles. The van der Waals surface area contributed by atoms with Crippen LogP contribution in [0.25, 0.3) is 0 Å². The van der Waals surface area contributed by atoms with E-state index in [0.717, 1.165) is 36.2 Å². The summed E-state index contributed by atoms with van der Waals surface area (Å²) in [4.78, 5) is 0. The van der Waals surface area contributed by atoms with Crippen molar-refractivity contribution in [1.29, 1.82) is 0 Å². The van der Waals surface area contributed by atoms with Gasteiger partial charge < -0.3 is 4.74 Å². The Morgan fingerprint density at radius 3 is 2.38 bits per heavy atom. The predicted octanol–water partition coefficient (Wildman–Crippen LogP) is 8.79. The fourth-order valence-electron chi connectivity index (χ4n) is 6.07. The lowest BCUT2D eigenvalue weighted by molar-refractivity contribution is 0.184. The summed E-state index contributed by atoms with van der Waals surface area (Å²) in [7, 11) is 0.00644. The molecular weight excluding hydrogens is 418 g/mol. The van der Waals surface area contributed by atoms with Crippen molar-refractivity contribution >= 4 is 8.80 Å². The van der Waals surface area contributed by atoms with Crippen LogP contribution >= 0.6 is 0 Å². The normalized spacial score (nSPS) is 22.8. The number of unbranched alkanes of at least 4 members (excludes halogenated alkanes) is 3. The highest BCUT2D eigenvalue weighted by atomic mass is 28.3. The van der Waals surface area contributed by atoms with Crippen molar-refractivity contribution in [3.05, 3.63) is 29.6 Å². The lowest BCUT2D eigenvalue weighted by atomic mass is 9.73. The zero-order chi connectivity index (χ0) is 22.6. The Morgan fingerprint density at radius 2 is 1.69 bits per heavy atom. The van der Waals surface area contributed by atoms with Gasteiger partial charge in [0.25, 0.3) is 0 Å². The summed E-state index contributed by atoms with van der Waals surface area (Å²) in [5.41, 5.74) is 1.02. The molecule has 1 heterocycles. The SMILES string of the molecule is CCCCC[Si]1CCC(C2CCC(CCCCc3ccc(OCCF)c(F)c3)CC2)CC1. The fraction of sp³-hybridized carbons (Fsp3) is 0.786. The van der Waals surface area contributed by atoms with Gasteiger partial charge in [-0.2, -0.15) is 0 Å². The third-order valence-corrected chi connectivity index (χ3v) is 11.1. The van der Waals surface area contributed by atoms with Crippen LogP contribution in [0.15, 0.2) is 18.2 Å². The van der Waals surface area contributed by atoms with Gasteiger partial charge >= 0.3 is 0 Å². The van der Waals surface area contributed by atoms with Gasteiger partial charge in [0.05, 0.1) is 0 Å². The quantitative estimate of drug-likeness (QED) is 0.210. The first-order valence-corrected chi connectivity index (χ1v) is 15.6. The highest BCUT2D eigenvalue weighted by molar-refractivity contribution is 6.58. The molecule has 1 aliphatic heterocycles. The Balaban J connectivity index is 1.26. The molecule has 1 aromatic rings. The smallest absolute Gasteiger partial charge is 0.165 e. The van der Waals surface area contributed by atoms with Gasteiger partial charge in [-0.3, -0.25) is 0 Å². The van der Waals surface area contributed by atoms with Crippen molar-refractivity contribution in [3.8, 4) is 5.75 Å². The first-order valence-electron chi connectivity index (χ1n) is 13.5. The number of hydrogen-bond donors (Lipinski definition) is 0.